The number of halogens is 2. The Morgan fingerprint density at radius 2 is 1.95 bits per heavy atom. The number of thiazole rings is 1. The molecular weight excluding hydrogens is 536 g/mol. The largest absolute Gasteiger partial charge is 0.497 e. The van der Waals surface area contributed by atoms with E-state index in [1.54, 1.807) is 17.8 Å². The quantitative estimate of drug-likeness (QED) is 0.250. The van der Waals surface area contributed by atoms with Crippen LogP contribution < -0.4 is 9.64 Å². The van der Waals surface area contributed by atoms with Crippen molar-refractivity contribution in [3.8, 4) is 16.3 Å². The second-order valence-corrected chi connectivity index (χ2v) is 10.4. The number of benzene rings is 2. The molecule has 204 valence electrons. The molecule has 1 N–H and O–H groups in total. The molecule has 0 aliphatic carbocycles. The minimum atomic E-state index is -1.11. The number of anilines is 1. The van der Waals surface area contributed by atoms with Crippen LogP contribution in [0.25, 0.3) is 16.2 Å². The SMILES string of the molecule is COc1ccc(CCc2nn3ccc(N4CCCC4c4cc(F)ccc4F)nc3c2-c2nc(C(=O)O)cs2)cc1. The van der Waals surface area contributed by atoms with Crippen molar-refractivity contribution < 1.29 is 23.4 Å². The van der Waals surface area contributed by atoms with Crippen LogP contribution in [0.5, 0.6) is 5.75 Å². The van der Waals surface area contributed by atoms with Gasteiger partial charge in [-0.25, -0.2) is 28.1 Å². The van der Waals surface area contributed by atoms with E-state index in [-0.39, 0.29) is 11.7 Å². The number of aromatic carboxylic acids is 1. The van der Waals surface area contributed by atoms with E-state index in [0.29, 0.717) is 53.4 Å². The third kappa shape index (κ3) is 4.88. The number of hydrogen-bond acceptors (Lipinski definition) is 7. The molecule has 1 saturated heterocycles. The third-order valence-electron chi connectivity index (χ3n) is 7.15. The third-order valence-corrected chi connectivity index (χ3v) is 8.01. The lowest BCUT2D eigenvalue weighted by molar-refractivity contribution is 0.0691. The summed E-state index contributed by atoms with van der Waals surface area (Å²) >= 11 is 1.22. The number of carboxylic acid groups (broad SMARTS) is 1. The van der Waals surface area contributed by atoms with Crippen molar-refractivity contribution in [2.75, 3.05) is 18.6 Å². The summed E-state index contributed by atoms with van der Waals surface area (Å²) in [6, 6.07) is 12.8. The lowest BCUT2D eigenvalue weighted by Gasteiger charge is -2.26. The number of nitrogens with zero attached hydrogens (tertiary/aromatic N) is 5. The first-order valence-electron chi connectivity index (χ1n) is 12.8. The number of carbonyl (C=O) groups is 1. The predicted molar refractivity (Wildman–Crippen MR) is 147 cm³/mol. The molecular formula is C29H25F2N5O3S. The molecule has 1 unspecified atom stereocenters. The molecule has 1 fully saturated rings. The maximum Gasteiger partial charge on any atom is 0.355 e. The van der Waals surface area contributed by atoms with Gasteiger partial charge in [0.2, 0.25) is 0 Å². The summed E-state index contributed by atoms with van der Waals surface area (Å²) in [5.74, 6) is -0.657. The normalized spacial score (nSPS) is 15.2. The zero-order valence-corrected chi connectivity index (χ0v) is 22.4. The van der Waals surface area contributed by atoms with Crippen LogP contribution in [0.2, 0.25) is 0 Å². The lowest BCUT2D eigenvalue weighted by Crippen LogP contribution is -2.24. The highest BCUT2D eigenvalue weighted by atomic mass is 32.1. The number of fused-ring (bicyclic) bond motifs is 1. The Morgan fingerprint density at radius 1 is 1.12 bits per heavy atom. The van der Waals surface area contributed by atoms with Gasteiger partial charge in [0.25, 0.3) is 0 Å². The molecule has 5 aromatic rings. The summed E-state index contributed by atoms with van der Waals surface area (Å²) in [4.78, 5) is 22.8. The summed E-state index contributed by atoms with van der Waals surface area (Å²) < 4.78 is 35.6. The van der Waals surface area contributed by atoms with E-state index >= 15 is 0 Å². The first-order chi connectivity index (χ1) is 19.4. The highest BCUT2D eigenvalue weighted by Crippen LogP contribution is 2.38. The molecule has 1 atom stereocenters. The van der Waals surface area contributed by atoms with Gasteiger partial charge in [-0.1, -0.05) is 12.1 Å². The van der Waals surface area contributed by atoms with Crippen molar-refractivity contribution in [1.29, 1.82) is 0 Å². The van der Waals surface area contributed by atoms with Crippen molar-refractivity contribution in [1.82, 2.24) is 19.6 Å². The number of ether oxygens (including phenoxy) is 1. The van der Waals surface area contributed by atoms with E-state index in [4.69, 9.17) is 14.8 Å². The molecule has 0 spiro atoms. The fraction of sp³-hybridized carbons (Fsp3) is 0.241. The molecule has 0 bridgehead atoms. The predicted octanol–water partition coefficient (Wildman–Crippen LogP) is 5.96. The molecule has 8 nitrogen and oxygen atoms in total. The maximum absolute atomic E-state index is 14.7. The molecule has 1 aliphatic heterocycles. The fourth-order valence-corrected chi connectivity index (χ4v) is 6.05. The Hall–Kier alpha value is -4.38. The summed E-state index contributed by atoms with van der Waals surface area (Å²) in [6.07, 6.45) is 4.53. The van der Waals surface area contributed by atoms with Gasteiger partial charge in [0.05, 0.1) is 24.4 Å². The first kappa shape index (κ1) is 25.9. The van der Waals surface area contributed by atoms with Crippen LogP contribution >= 0.6 is 11.3 Å². The zero-order valence-electron chi connectivity index (χ0n) is 21.6. The Labute approximate surface area is 232 Å². The van der Waals surface area contributed by atoms with Gasteiger partial charge in [-0.2, -0.15) is 5.10 Å². The van der Waals surface area contributed by atoms with Gasteiger partial charge < -0.3 is 14.7 Å². The van der Waals surface area contributed by atoms with Gasteiger partial charge in [-0.05, 0) is 67.6 Å². The average Bonchev–Trinajstić information content (AvgIpc) is 3.71. The van der Waals surface area contributed by atoms with Crippen molar-refractivity contribution >= 4 is 28.8 Å². The smallest absolute Gasteiger partial charge is 0.355 e. The molecule has 4 heterocycles. The van der Waals surface area contributed by atoms with Crippen LogP contribution in [0.3, 0.4) is 0 Å². The summed E-state index contributed by atoms with van der Waals surface area (Å²) in [5.41, 5.74) is 3.29. The maximum atomic E-state index is 14.7. The number of carboxylic acids is 1. The summed E-state index contributed by atoms with van der Waals surface area (Å²) in [7, 11) is 1.62. The summed E-state index contributed by atoms with van der Waals surface area (Å²) in [5, 5.41) is 16.3. The van der Waals surface area contributed by atoms with Gasteiger partial charge in [0.15, 0.2) is 11.3 Å². The monoisotopic (exact) mass is 561 g/mol. The Bertz CT molecular complexity index is 1700. The number of aromatic nitrogens is 4. The molecule has 2 aromatic carbocycles. The van der Waals surface area contributed by atoms with Crippen LogP contribution in [-0.4, -0.2) is 44.3 Å². The van der Waals surface area contributed by atoms with Crippen LogP contribution in [-0.2, 0) is 12.8 Å². The van der Waals surface area contributed by atoms with E-state index in [1.807, 2.05) is 35.2 Å². The Balaban J connectivity index is 1.40. The molecule has 1 aliphatic rings. The van der Waals surface area contributed by atoms with E-state index in [2.05, 4.69) is 4.98 Å². The van der Waals surface area contributed by atoms with Crippen molar-refractivity contribution in [2.24, 2.45) is 0 Å². The molecule has 0 saturated carbocycles. The second kappa shape index (κ2) is 10.6. The number of methoxy groups -OCH3 is 1. The minimum Gasteiger partial charge on any atom is -0.497 e. The minimum absolute atomic E-state index is 0.0437. The molecule has 11 heteroatoms. The zero-order chi connectivity index (χ0) is 27.8. The molecule has 0 amide bonds. The van der Waals surface area contributed by atoms with Crippen LogP contribution in [0.15, 0.2) is 60.1 Å². The van der Waals surface area contributed by atoms with Gasteiger partial charge in [-0.15, -0.1) is 11.3 Å². The van der Waals surface area contributed by atoms with Crippen LogP contribution in [0.1, 0.15) is 46.2 Å². The fourth-order valence-electron chi connectivity index (χ4n) is 5.20. The van der Waals surface area contributed by atoms with Gasteiger partial charge in [0.1, 0.15) is 28.2 Å². The molecule has 3 aromatic heterocycles. The van der Waals surface area contributed by atoms with Gasteiger partial charge in [0, 0.05) is 23.7 Å². The van der Waals surface area contributed by atoms with E-state index < -0.39 is 17.6 Å². The van der Waals surface area contributed by atoms with Gasteiger partial charge >= 0.3 is 5.97 Å². The molecule has 6 rings (SSSR count). The number of rotatable bonds is 8. The second-order valence-electron chi connectivity index (χ2n) is 9.58. The highest BCUT2D eigenvalue weighted by Gasteiger charge is 2.30. The van der Waals surface area contributed by atoms with Crippen LogP contribution in [0.4, 0.5) is 14.6 Å². The van der Waals surface area contributed by atoms with E-state index in [0.717, 1.165) is 35.6 Å². The van der Waals surface area contributed by atoms with E-state index in [9.17, 15) is 18.7 Å². The first-order valence-corrected chi connectivity index (χ1v) is 13.7. The molecule has 40 heavy (non-hydrogen) atoms. The highest BCUT2D eigenvalue weighted by molar-refractivity contribution is 7.13. The van der Waals surface area contributed by atoms with Crippen molar-refractivity contribution in [3.05, 3.63) is 94.3 Å². The average molecular weight is 562 g/mol. The number of hydrogen-bond donors (Lipinski definition) is 1. The topological polar surface area (TPSA) is 92.9 Å². The van der Waals surface area contributed by atoms with Crippen molar-refractivity contribution in [2.45, 2.75) is 31.7 Å². The Kier molecular flexibility index (Phi) is 6.89. The van der Waals surface area contributed by atoms with Gasteiger partial charge in [-0.3, -0.25) is 0 Å². The Morgan fingerprint density at radius 3 is 2.70 bits per heavy atom. The lowest BCUT2D eigenvalue weighted by atomic mass is 10.0. The number of aryl methyl sites for hydroxylation is 2. The van der Waals surface area contributed by atoms with Crippen LogP contribution in [0, 0.1) is 11.6 Å². The summed E-state index contributed by atoms with van der Waals surface area (Å²) in [6.45, 7) is 0.637. The van der Waals surface area contributed by atoms with E-state index in [1.165, 1.54) is 22.8 Å². The molecule has 0 radical (unpaired) electrons. The van der Waals surface area contributed by atoms with Crippen molar-refractivity contribution in [3.63, 3.8) is 0 Å². The standard InChI is InChI=1S/C29H25F2N5O3S/c1-39-19-8-4-17(5-9-19)6-11-22-26(28-32-23(16-40-28)29(37)38)27-33-25(12-14-36(27)34-22)35-13-2-3-24(35)20-15-18(30)7-10-21(20)31/h4-5,7-10,12,14-16,24H,2-3,6,11,13H2,1H3,(H,37,38).